The maximum absolute atomic E-state index is 12.9. The lowest BCUT2D eigenvalue weighted by Crippen LogP contribution is -2.22. The van der Waals surface area contributed by atoms with Crippen molar-refractivity contribution in [1.29, 1.82) is 0 Å². The van der Waals surface area contributed by atoms with Crippen LogP contribution < -0.4 is 11.1 Å². The molecular weight excluding hydrogens is 396 g/mol. The first-order valence-electron chi connectivity index (χ1n) is 9.82. The zero-order chi connectivity index (χ0) is 21.7. The molecule has 6 N–H and O–H groups in total. The number of hydrogen-bond acceptors (Lipinski definition) is 5. The van der Waals surface area contributed by atoms with Gasteiger partial charge in [0.05, 0.1) is 30.4 Å². The van der Waals surface area contributed by atoms with E-state index in [9.17, 15) is 19.8 Å². The van der Waals surface area contributed by atoms with Gasteiger partial charge < -0.3 is 25.5 Å². The highest BCUT2D eigenvalue weighted by Gasteiger charge is 2.35. The molecule has 0 fully saturated rings. The molecule has 2 aromatic heterocycles. The molecule has 8 heteroatoms. The van der Waals surface area contributed by atoms with Gasteiger partial charge in [0, 0.05) is 51.0 Å². The van der Waals surface area contributed by atoms with Gasteiger partial charge in [-0.25, -0.2) is 0 Å². The Morgan fingerprint density at radius 1 is 1.00 bits per heavy atom. The monoisotopic (exact) mass is 416 g/mol. The van der Waals surface area contributed by atoms with E-state index in [0.29, 0.717) is 22.2 Å². The first-order chi connectivity index (χ1) is 15.0. The van der Waals surface area contributed by atoms with E-state index in [0.717, 1.165) is 16.4 Å². The van der Waals surface area contributed by atoms with Crippen LogP contribution in [0.3, 0.4) is 0 Å². The SMILES string of the molecule is Nc1ccc2c(c1)c(C1=C(c3c[nH]c4ccccc34)C(=O)NC1=O)cn2CC(O)CO. The van der Waals surface area contributed by atoms with Gasteiger partial charge in [-0.2, -0.15) is 0 Å². The standard InChI is InChI=1S/C23H20N4O4/c24-12-5-6-19-15(7-12)17(10-27(19)9-13(29)11-28)21-20(22(30)26-23(21)31)16-8-25-18-4-2-1-3-14(16)18/h1-8,10,13,25,28-29H,9,11,24H2,(H,26,30,31). The van der Waals surface area contributed by atoms with Gasteiger partial charge in [-0.1, -0.05) is 18.2 Å². The molecular formula is C23H20N4O4. The molecule has 2 amide bonds. The van der Waals surface area contributed by atoms with Gasteiger partial charge in [0.2, 0.25) is 0 Å². The van der Waals surface area contributed by atoms with Crippen molar-refractivity contribution < 1.29 is 19.8 Å². The summed E-state index contributed by atoms with van der Waals surface area (Å²) >= 11 is 0. The zero-order valence-electron chi connectivity index (χ0n) is 16.4. The molecule has 31 heavy (non-hydrogen) atoms. The molecule has 156 valence electrons. The second-order valence-electron chi connectivity index (χ2n) is 7.59. The molecule has 1 unspecified atom stereocenters. The van der Waals surface area contributed by atoms with Crippen molar-refractivity contribution in [3.8, 4) is 0 Å². The number of nitrogens with one attached hydrogen (secondary N) is 2. The van der Waals surface area contributed by atoms with Crippen molar-refractivity contribution in [2.75, 3.05) is 12.3 Å². The van der Waals surface area contributed by atoms with E-state index < -0.39 is 24.5 Å². The number of aromatic nitrogens is 2. The van der Waals surface area contributed by atoms with Crippen molar-refractivity contribution in [1.82, 2.24) is 14.9 Å². The number of aromatic amines is 1. The van der Waals surface area contributed by atoms with Gasteiger partial charge >= 0.3 is 0 Å². The normalized spacial score (nSPS) is 15.3. The Bertz CT molecular complexity index is 1400. The molecule has 0 saturated heterocycles. The minimum absolute atomic E-state index is 0.127. The van der Waals surface area contributed by atoms with Crippen LogP contribution in [-0.4, -0.2) is 44.3 Å². The Labute approximate surface area is 176 Å². The van der Waals surface area contributed by atoms with E-state index in [1.165, 1.54) is 0 Å². The number of nitrogens with zero attached hydrogens (tertiary/aromatic N) is 1. The van der Waals surface area contributed by atoms with Gasteiger partial charge in [-0.15, -0.1) is 0 Å². The third-order valence-corrected chi connectivity index (χ3v) is 5.58. The average molecular weight is 416 g/mol. The lowest BCUT2D eigenvalue weighted by molar-refractivity contribution is -0.122. The predicted molar refractivity (Wildman–Crippen MR) is 118 cm³/mol. The number of aliphatic hydroxyl groups excluding tert-OH is 2. The number of H-pyrrole nitrogens is 1. The van der Waals surface area contributed by atoms with E-state index >= 15 is 0 Å². The van der Waals surface area contributed by atoms with Crippen LogP contribution in [-0.2, 0) is 16.1 Å². The van der Waals surface area contributed by atoms with Gasteiger partial charge in [0.1, 0.15) is 0 Å². The molecule has 1 aliphatic rings. The van der Waals surface area contributed by atoms with Crippen LogP contribution >= 0.6 is 0 Å². The summed E-state index contributed by atoms with van der Waals surface area (Å²) in [6, 6.07) is 12.8. The Morgan fingerprint density at radius 2 is 1.74 bits per heavy atom. The number of imide groups is 1. The van der Waals surface area contributed by atoms with Crippen molar-refractivity contribution >= 4 is 50.5 Å². The highest BCUT2D eigenvalue weighted by molar-refractivity contribution is 6.50. The van der Waals surface area contributed by atoms with E-state index in [1.54, 1.807) is 35.2 Å². The number of para-hydroxylation sites is 1. The first kappa shape index (κ1) is 19.1. The Balaban J connectivity index is 1.80. The van der Waals surface area contributed by atoms with E-state index in [4.69, 9.17) is 5.73 Å². The highest BCUT2D eigenvalue weighted by Crippen LogP contribution is 2.38. The van der Waals surface area contributed by atoms with Crippen LogP contribution in [0.15, 0.2) is 54.9 Å². The number of benzene rings is 2. The number of aliphatic hydroxyl groups is 2. The highest BCUT2D eigenvalue weighted by atomic mass is 16.3. The van der Waals surface area contributed by atoms with Gasteiger partial charge in [0.25, 0.3) is 11.8 Å². The summed E-state index contributed by atoms with van der Waals surface area (Å²) in [4.78, 5) is 28.9. The third kappa shape index (κ3) is 3.00. The van der Waals surface area contributed by atoms with Gasteiger partial charge in [0.15, 0.2) is 0 Å². The number of nitrogen functional groups attached to an aromatic ring is 1. The maximum atomic E-state index is 12.9. The number of carbonyl (C=O) groups excluding carboxylic acids is 2. The van der Waals surface area contributed by atoms with Crippen LogP contribution in [0.25, 0.3) is 33.0 Å². The molecule has 0 spiro atoms. The second-order valence-corrected chi connectivity index (χ2v) is 7.59. The molecule has 1 atom stereocenters. The largest absolute Gasteiger partial charge is 0.399 e. The Kier molecular flexibility index (Phi) is 4.39. The zero-order valence-corrected chi connectivity index (χ0v) is 16.4. The summed E-state index contributed by atoms with van der Waals surface area (Å²) in [6.45, 7) is -0.269. The maximum Gasteiger partial charge on any atom is 0.259 e. The van der Waals surface area contributed by atoms with Crippen molar-refractivity contribution in [2.24, 2.45) is 0 Å². The number of hydrogen-bond donors (Lipinski definition) is 5. The molecule has 4 aromatic rings. The fourth-order valence-corrected chi connectivity index (χ4v) is 4.20. The fourth-order valence-electron chi connectivity index (χ4n) is 4.20. The summed E-state index contributed by atoms with van der Waals surface area (Å²) in [5, 5.41) is 23.2. The van der Waals surface area contributed by atoms with Crippen molar-refractivity contribution in [3.05, 3.63) is 66.0 Å². The summed E-state index contributed by atoms with van der Waals surface area (Å²) in [5.74, 6) is -0.959. The lowest BCUT2D eigenvalue weighted by atomic mass is 9.95. The third-order valence-electron chi connectivity index (χ3n) is 5.58. The smallest absolute Gasteiger partial charge is 0.259 e. The molecule has 0 saturated carbocycles. The lowest BCUT2D eigenvalue weighted by Gasteiger charge is -2.09. The van der Waals surface area contributed by atoms with Crippen LogP contribution in [0.4, 0.5) is 5.69 Å². The molecule has 2 aromatic carbocycles. The number of nitrogens with two attached hydrogens (primary N) is 1. The number of anilines is 1. The van der Waals surface area contributed by atoms with Crippen LogP contribution in [0.1, 0.15) is 11.1 Å². The number of amides is 2. The predicted octanol–water partition coefficient (Wildman–Crippen LogP) is 1.63. The summed E-state index contributed by atoms with van der Waals surface area (Å²) in [7, 11) is 0. The summed E-state index contributed by atoms with van der Waals surface area (Å²) < 4.78 is 1.75. The van der Waals surface area contributed by atoms with Gasteiger partial charge in [-0.3, -0.25) is 14.9 Å². The van der Waals surface area contributed by atoms with E-state index in [1.807, 2.05) is 24.3 Å². The van der Waals surface area contributed by atoms with Crippen LogP contribution in [0, 0.1) is 0 Å². The molecule has 0 aliphatic carbocycles. The number of rotatable bonds is 5. The van der Waals surface area contributed by atoms with Gasteiger partial charge in [-0.05, 0) is 24.3 Å². The second kappa shape index (κ2) is 7.12. The Hall–Kier alpha value is -3.88. The fraction of sp³-hybridized carbons (Fsp3) is 0.130. The van der Waals surface area contributed by atoms with Crippen LogP contribution in [0.5, 0.6) is 0 Å². The van der Waals surface area contributed by atoms with Crippen molar-refractivity contribution in [3.63, 3.8) is 0 Å². The van der Waals surface area contributed by atoms with Crippen molar-refractivity contribution in [2.45, 2.75) is 12.6 Å². The van der Waals surface area contributed by atoms with E-state index in [-0.39, 0.29) is 17.7 Å². The molecule has 0 radical (unpaired) electrons. The molecule has 5 rings (SSSR count). The number of carbonyl (C=O) groups is 2. The molecule has 3 heterocycles. The average Bonchev–Trinajstić information content (AvgIpc) is 3.41. The minimum Gasteiger partial charge on any atom is -0.399 e. The number of fused-ring (bicyclic) bond motifs is 2. The molecule has 0 bridgehead atoms. The first-order valence-corrected chi connectivity index (χ1v) is 9.82. The Morgan fingerprint density at radius 3 is 2.52 bits per heavy atom. The van der Waals surface area contributed by atoms with E-state index in [2.05, 4.69) is 10.3 Å². The van der Waals surface area contributed by atoms with Crippen LogP contribution in [0.2, 0.25) is 0 Å². The molecule has 8 nitrogen and oxygen atoms in total. The topological polar surface area (TPSA) is 133 Å². The molecule has 1 aliphatic heterocycles. The summed E-state index contributed by atoms with van der Waals surface area (Å²) in [5.41, 5.74) is 9.81. The summed E-state index contributed by atoms with van der Waals surface area (Å²) in [6.07, 6.45) is 2.47. The quantitative estimate of drug-likeness (QED) is 0.249. The minimum atomic E-state index is -0.970.